The Kier molecular flexibility index (Phi) is 5.45. The number of hydrogen-bond donors (Lipinski definition) is 1. The molecule has 94 valence electrons. The minimum Gasteiger partial charge on any atom is -0.324 e. The maximum Gasteiger partial charge on any atom is 0.238 e. The van der Waals surface area contributed by atoms with Crippen LogP contribution in [0, 0.1) is 6.92 Å². The molecule has 1 amide bonds. The zero-order valence-corrected chi connectivity index (χ0v) is 11.3. The standard InChI is InChI=1S/C13H19ClN2O/c1-4-16(5-2)9-13(17)15-12-8-10(3)6-7-11(12)14/h6-8H,4-5,9H2,1-3H3,(H,15,17). The Morgan fingerprint density at radius 2 is 2.00 bits per heavy atom. The number of nitrogens with one attached hydrogen (secondary N) is 1. The largest absolute Gasteiger partial charge is 0.324 e. The summed E-state index contributed by atoms with van der Waals surface area (Å²) in [4.78, 5) is 13.8. The van der Waals surface area contributed by atoms with Crippen molar-refractivity contribution in [2.75, 3.05) is 25.0 Å². The topological polar surface area (TPSA) is 32.3 Å². The van der Waals surface area contributed by atoms with Crippen LogP contribution in [-0.4, -0.2) is 30.4 Å². The maximum atomic E-state index is 11.8. The summed E-state index contributed by atoms with van der Waals surface area (Å²) in [7, 11) is 0. The summed E-state index contributed by atoms with van der Waals surface area (Å²) in [6, 6.07) is 5.59. The fraction of sp³-hybridized carbons (Fsp3) is 0.462. The Balaban J connectivity index is 2.64. The number of halogens is 1. The van der Waals surface area contributed by atoms with Crippen molar-refractivity contribution in [3.05, 3.63) is 28.8 Å². The molecule has 0 aliphatic carbocycles. The predicted molar refractivity (Wildman–Crippen MR) is 72.6 cm³/mol. The average molecular weight is 255 g/mol. The van der Waals surface area contributed by atoms with Gasteiger partial charge in [0.1, 0.15) is 0 Å². The Morgan fingerprint density at radius 3 is 2.59 bits per heavy atom. The average Bonchev–Trinajstić information content (AvgIpc) is 2.31. The predicted octanol–water partition coefficient (Wildman–Crippen LogP) is 2.93. The van der Waals surface area contributed by atoms with Crippen LogP contribution >= 0.6 is 11.6 Å². The van der Waals surface area contributed by atoms with Crippen LogP contribution in [-0.2, 0) is 4.79 Å². The highest BCUT2D eigenvalue weighted by Crippen LogP contribution is 2.22. The molecule has 0 aromatic heterocycles. The monoisotopic (exact) mass is 254 g/mol. The van der Waals surface area contributed by atoms with E-state index in [1.807, 2.05) is 32.9 Å². The highest BCUT2D eigenvalue weighted by Gasteiger charge is 2.09. The second-order valence-electron chi connectivity index (χ2n) is 3.99. The number of carbonyl (C=O) groups is 1. The molecule has 4 heteroatoms. The fourth-order valence-corrected chi connectivity index (χ4v) is 1.74. The minimum atomic E-state index is -0.0267. The van der Waals surface area contributed by atoms with Gasteiger partial charge in [-0.2, -0.15) is 0 Å². The van der Waals surface area contributed by atoms with Crippen LogP contribution in [0.4, 0.5) is 5.69 Å². The lowest BCUT2D eigenvalue weighted by atomic mass is 10.2. The molecule has 0 saturated carbocycles. The summed E-state index contributed by atoms with van der Waals surface area (Å²) in [5.74, 6) is -0.0267. The van der Waals surface area contributed by atoms with Crippen molar-refractivity contribution >= 4 is 23.2 Å². The van der Waals surface area contributed by atoms with Gasteiger partial charge in [0.25, 0.3) is 0 Å². The van der Waals surface area contributed by atoms with Crippen LogP contribution in [0.15, 0.2) is 18.2 Å². The Morgan fingerprint density at radius 1 is 1.35 bits per heavy atom. The molecule has 3 nitrogen and oxygen atoms in total. The first-order valence-electron chi connectivity index (χ1n) is 5.85. The van der Waals surface area contributed by atoms with Crippen molar-refractivity contribution in [1.29, 1.82) is 0 Å². The zero-order chi connectivity index (χ0) is 12.8. The summed E-state index contributed by atoms with van der Waals surface area (Å²) >= 11 is 6.02. The van der Waals surface area contributed by atoms with Crippen molar-refractivity contribution in [2.45, 2.75) is 20.8 Å². The van der Waals surface area contributed by atoms with Crippen LogP contribution in [0.2, 0.25) is 5.02 Å². The van der Waals surface area contributed by atoms with Gasteiger partial charge in [-0.25, -0.2) is 0 Å². The molecule has 0 saturated heterocycles. The summed E-state index contributed by atoms with van der Waals surface area (Å²) in [6.07, 6.45) is 0. The second kappa shape index (κ2) is 6.62. The molecule has 0 heterocycles. The lowest BCUT2D eigenvalue weighted by Gasteiger charge is -2.17. The number of anilines is 1. The SMILES string of the molecule is CCN(CC)CC(=O)Nc1cc(C)ccc1Cl. The molecule has 1 aromatic rings. The lowest BCUT2D eigenvalue weighted by molar-refractivity contribution is -0.117. The van der Waals surface area contributed by atoms with Gasteiger partial charge in [-0.3, -0.25) is 9.69 Å². The number of nitrogens with zero attached hydrogens (tertiary/aromatic N) is 1. The van der Waals surface area contributed by atoms with Crippen LogP contribution < -0.4 is 5.32 Å². The quantitative estimate of drug-likeness (QED) is 0.876. The summed E-state index contributed by atoms with van der Waals surface area (Å²) in [5, 5.41) is 3.41. The van der Waals surface area contributed by atoms with E-state index in [0.717, 1.165) is 18.7 Å². The number of amides is 1. The van der Waals surface area contributed by atoms with Crippen LogP contribution in [0.1, 0.15) is 19.4 Å². The molecule has 1 rings (SSSR count). The van der Waals surface area contributed by atoms with Crippen molar-refractivity contribution in [3.63, 3.8) is 0 Å². The molecule has 0 atom stereocenters. The van der Waals surface area contributed by atoms with E-state index in [1.165, 1.54) is 0 Å². The van der Waals surface area contributed by atoms with Gasteiger partial charge in [0.05, 0.1) is 17.3 Å². The molecule has 1 aromatic carbocycles. The van der Waals surface area contributed by atoms with Gasteiger partial charge >= 0.3 is 0 Å². The summed E-state index contributed by atoms with van der Waals surface area (Å²) < 4.78 is 0. The number of benzene rings is 1. The van der Waals surface area contributed by atoms with E-state index in [0.29, 0.717) is 17.3 Å². The highest BCUT2D eigenvalue weighted by molar-refractivity contribution is 6.33. The molecule has 0 spiro atoms. The third-order valence-electron chi connectivity index (χ3n) is 2.66. The lowest BCUT2D eigenvalue weighted by Crippen LogP contribution is -2.32. The highest BCUT2D eigenvalue weighted by atomic mass is 35.5. The van der Waals surface area contributed by atoms with Gasteiger partial charge in [0.15, 0.2) is 0 Å². The molecule has 0 aliphatic heterocycles. The molecule has 1 N–H and O–H groups in total. The van der Waals surface area contributed by atoms with Crippen LogP contribution in [0.25, 0.3) is 0 Å². The van der Waals surface area contributed by atoms with Crippen molar-refractivity contribution in [3.8, 4) is 0 Å². The molecule has 0 aliphatic rings. The first kappa shape index (κ1) is 14.0. The van der Waals surface area contributed by atoms with Crippen molar-refractivity contribution in [1.82, 2.24) is 4.90 Å². The summed E-state index contributed by atoms with van der Waals surface area (Å²) in [5.41, 5.74) is 1.76. The van der Waals surface area contributed by atoms with Gasteiger partial charge in [-0.05, 0) is 37.7 Å². The number of hydrogen-bond acceptors (Lipinski definition) is 2. The summed E-state index contributed by atoms with van der Waals surface area (Å²) in [6.45, 7) is 8.18. The zero-order valence-electron chi connectivity index (χ0n) is 10.6. The second-order valence-corrected chi connectivity index (χ2v) is 4.40. The third kappa shape index (κ3) is 4.36. The number of aryl methyl sites for hydroxylation is 1. The number of carbonyl (C=O) groups excluding carboxylic acids is 1. The van der Waals surface area contributed by atoms with Crippen LogP contribution in [0.3, 0.4) is 0 Å². The minimum absolute atomic E-state index is 0.0267. The molecular weight excluding hydrogens is 236 g/mol. The van der Waals surface area contributed by atoms with Gasteiger partial charge in [0.2, 0.25) is 5.91 Å². The van der Waals surface area contributed by atoms with E-state index in [1.54, 1.807) is 6.07 Å². The number of rotatable bonds is 5. The molecule has 0 bridgehead atoms. The molecule has 17 heavy (non-hydrogen) atoms. The Hall–Kier alpha value is -1.06. The molecule has 0 unspecified atom stereocenters. The van der Waals surface area contributed by atoms with Gasteiger partial charge in [-0.15, -0.1) is 0 Å². The van der Waals surface area contributed by atoms with E-state index in [2.05, 4.69) is 10.2 Å². The maximum absolute atomic E-state index is 11.8. The normalized spacial score (nSPS) is 10.6. The van der Waals surface area contributed by atoms with Crippen molar-refractivity contribution in [2.24, 2.45) is 0 Å². The van der Waals surface area contributed by atoms with Gasteiger partial charge in [-0.1, -0.05) is 31.5 Å². The molecular formula is C13H19ClN2O. The van der Waals surface area contributed by atoms with E-state index < -0.39 is 0 Å². The van der Waals surface area contributed by atoms with Crippen LogP contribution in [0.5, 0.6) is 0 Å². The smallest absolute Gasteiger partial charge is 0.238 e. The first-order chi connectivity index (χ1) is 8.06. The third-order valence-corrected chi connectivity index (χ3v) is 2.99. The molecule has 0 fully saturated rings. The van der Waals surface area contributed by atoms with Gasteiger partial charge < -0.3 is 5.32 Å². The number of likely N-dealkylation sites (N-methyl/N-ethyl adjacent to an activating group) is 1. The van der Waals surface area contributed by atoms with E-state index in [-0.39, 0.29) is 5.91 Å². The Labute approximate surface area is 108 Å². The fourth-order valence-electron chi connectivity index (χ4n) is 1.57. The van der Waals surface area contributed by atoms with E-state index >= 15 is 0 Å². The van der Waals surface area contributed by atoms with Gasteiger partial charge in [0, 0.05) is 0 Å². The first-order valence-corrected chi connectivity index (χ1v) is 6.23. The molecule has 0 radical (unpaired) electrons. The Bertz CT molecular complexity index is 389. The van der Waals surface area contributed by atoms with E-state index in [9.17, 15) is 4.79 Å². The van der Waals surface area contributed by atoms with Crippen molar-refractivity contribution < 1.29 is 4.79 Å². The van der Waals surface area contributed by atoms with E-state index in [4.69, 9.17) is 11.6 Å².